The largest absolute Gasteiger partial charge is 0.342 e. The molecule has 2 rings (SSSR count). The van der Waals surface area contributed by atoms with Crippen molar-refractivity contribution in [2.24, 2.45) is 11.7 Å². The minimum Gasteiger partial charge on any atom is -0.342 e. The van der Waals surface area contributed by atoms with Crippen LogP contribution in [-0.4, -0.2) is 45.4 Å². The predicted octanol–water partition coefficient (Wildman–Crippen LogP) is 1.53. The number of piperidine rings is 1. The average molecular weight is 390 g/mol. The number of benzene rings is 1. The maximum Gasteiger partial charge on any atom is 0.240 e. The molecule has 1 aromatic rings. The van der Waals surface area contributed by atoms with Gasteiger partial charge in [0, 0.05) is 25.6 Å². The van der Waals surface area contributed by atoms with Crippen LogP contribution in [0.1, 0.15) is 31.7 Å². The van der Waals surface area contributed by atoms with Crippen LogP contribution in [0.2, 0.25) is 0 Å². The van der Waals surface area contributed by atoms with Crippen molar-refractivity contribution < 1.29 is 13.2 Å². The third-order valence-corrected chi connectivity index (χ3v) is 6.11. The number of hydrogen-bond donors (Lipinski definition) is 2. The Kier molecular flexibility index (Phi) is 8.34. The molecular weight excluding hydrogens is 362 g/mol. The molecular formula is C17H28ClN3O3S. The summed E-state index contributed by atoms with van der Waals surface area (Å²) in [6.07, 6.45) is 3.14. The summed E-state index contributed by atoms with van der Waals surface area (Å²) in [5.74, 6) is 0.529. The molecule has 1 fully saturated rings. The van der Waals surface area contributed by atoms with E-state index in [2.05, 4.69) is 4.72 Å². The summed E-state index contributed by atoms with van der Waals surface area (Å²) < 4.78 is 25.7. The summed E-state index contributed by atoms with van der Waals surface area (Å²) in [5.41, 5.74) is 6.92. The number of carbonyl (C=O) groups excluding carboxylic acids is 1. The van der Waals surface area contributed by atoms with E-state index in [1.54, 1.807) is 24.3 Å². The minimum atomic E-state index is -3.41. The number of aryl methyl sites for hydroxylation is 1. The van der Waals surface area contributed by atoms with E-state index >= 15 is 0 Å². The first kappa shape index (κ1) is 21.9. The molecule has 2 atom stereocenters. The monoisotopic (exact) mass is 389 g/mol. The van der Waals surface area contributed by atoms with Gasteiger partial charge in [0.05, 0.1) is 4.90 Å². The predicted molar refractivity (Wildman–Crippen MR) is 101 cm³/mol. The molecule has 0 spiro atoms. The number of hydrogen-bond acceptors (Lipinski definition) is 4. The van der Waals surface area contributed by atoms with Gasteiger partial charge in [0.2, 0.25) is 15.9 Å². The van der Waals surface area contributed by atoms with Crippen LogP contribution in [-0.2, 0) is 21.2 Å². The normalized spacial score (nSPS) is 19.2. The number of sulfonamides is 1. The zero-order valence-electron chi connectivity index (χ0n) is 14.8. The van der Waals surface area contributed by atoms with Gasteiger partial charge in [-0.05, 0) is 56.8 Å². The number of halogens is 1. The number of nitrogens with zero attached hydrogens (tertiary/aromatic N) is 1. The van der Waals surface area contributed by atoms with Crippen LogP contribution in [0.15, 0.2) is 29.2 Å². The second-order valence-electron chi connectivity index (χ2n) is 6.45. The van der Waals surface area contributed by atoms with Gasteiger partial charge in [0.1, 0.15) is 0 Å². The van der Waals surface area contributed by atoms with Crippen molar-refractivity contribution >= 4 is 28.3 Å². The highest BCUT2D eigenvalue weighted by molar-refractivity contribution is 7.89. The molecule has 1 heterocycles. The fourth-order valence-corrected chi connectivity index (χ4v) is 3.76. The number of amides is 1. The lowest BCUT2D eigenvalue weighted by Gasteiger charge is -2.34. The summed E-state index contributed by atoms with van der Waals surface area (Å²) in [4.78, 5) is 14.5. The fourth-order valence-electron chi connectivity index (χ4n) is 3.03. The molecule has 2 unspecified atom stereocenters. The van der Waals surface area contributed by atoms with Crippen molar-refractivity contribution in [1.82, 2.24) is 9.62 Å². The highest BCUT2D eigenvalue weighted by Gasteiger charge is 2.25. The van der Waals surface area contributed by atoms with E-state index in [1.165, 1.54) is 7.05 Å². The Morgan fingerprint density at radius 3 is 2.56 bits per heavy atom. The van der Waals surface area contributed by atoms with Crippen LogP contribution in [0, 0.1) is 5.92 Å². The third kappa shape index (κ3) is 5.95. The smallest absolute Gasteiger partial charge is 0.240 e. The quantitative estimate of drug-likeness (QED) is 0.771. The van der Waals surface area contributed by atoms with E-state index in [-0.39, 0.29) is 29.3 Å². The minimum absolute atomic E-state index is 0. The summed E-state index contributed by atoms with van der Waals surface area (Å²) in [5, 5.41) is 0. The maximum atomic E-state index is 12.4. The lowest BCUT2D eigenvalue weighted by atomic mass is 9.92. The number of likely N-dealkylation sites (tertiary alicyclic amines) is 1. The first-order valence-electron chi connectivity index (χ1n) is 8.39. The number of nitrogens with one attached hydrogen (secondary N) is 1. The maximum absolute atomic E-state index is 12.4. The van der Waals surface area contributed by atoms with Gasteiger partial charge in [-0.15, -0.1) is 12.4 Å². The third-order valence-electron chi connectivity index (χ3n) is 4.68. The van der Waals surface area contributed by atoms with Crippen molar-refractivity contribution in [3.63, 3.8) is 0 Å². The van der Waals surface area contributed by atoms with Gasteiger partial charge < -0.3 is 10.6 Å². The standard InChI is InChI=1S/C17H27N3O3S.ClH/c1-13(18)15-4-3-11-20(12-15)17(21)10-7-14-5-8-16(9-6-14)24(22,23)19-2;/h5-6,8-9,13,15,19H,3-4,7,10-12,18H2,1-2H3;1H. The average Bonchev–Trinajstić information content (AvgIpc) is 2.60. The van der Waals surface area contributed by atoms with Gasteiger partial charge in [0.25, 0.3) is 0 Å². The first-order valence-corrected chi connectivity index (χ1v) is 9.87. The van der Waals surface area contributed by atoms with Crippen molar-refractivity contribution in [1.29, 1.82) is 0 Å². The SMILES string of the molecule is CNS(=O)(=O)c1ccc(CCC(=O)N2CCCC(C(C)N)C2)cc1.Cl. The van der Waals surface area contributed by atoms with Gasteiger partial charge in [0.15, 0.2) is 0 Å². The van der Waals surface area contributed by atoms with Crippen LogP contribution in [0.3, 0.4) is 0 Å². The van der Waals surface area contributed by atoms with Gasteiger partial charge in [-0.2, -0.15) is 0 Å². The number of nitrogens with two attached hydrogens (primary N) is 1. The Morgan fingerprint density at radius 1 is 1.36 bits per heavy atom. The fraction of sp³-hybridized carbons (Fsp3) is 0.588. The van der Waals surface area contributed by atoms with E-state index in [0.717, 1.165) is 31.5 Å². The molecule has 3 N–H and O–H groups in total. The van der Waals surface area contributed by atoms with E-state index in [0.29, 0.717) is 18.8 Å². The van der Waals surface area contributed by atoms with Crippen LogP contribution < -0.4 is 10.5 Å². The molecule has 1 aliphatic rings. The summed E-state index contributed by atoms with van der Waals surface area (Å²) >= 11 is 0. The zero-order valence-corrected chi connectivity index (χ0v) is 16.4. The molecule has 25 heavy (non-hydrogen) atoms. The molecule has 6 nitrogen and oxygen atoms in total. The van der Waals surface area contributed by atoms with E-state index in [4.69, 9.17) is 5.73 Å². The number of carbonyl (C=O) groups is 1. The summed E-state index contributed by atoms with van der Waals surface area (Å²) in [7, 11) is -2.03. The van der Waals surface area contributed by atoms with Crippen LogP contribution in [0.4, 0.5) is 0 Å². The van der Waals surface area contributed by atoms with E-state index < -0.39 is 10.0 Å². The van der Waals surface area contributed by atoms with Crippen LogP contribution in [0.5, 0.6) is 0 Å². The Bertz CT molecular complexity index is 662. The molecule has 0 saturated carbocycles. The first-order chi connectivity index (χ1) is 11.3. The second kappa shape index (κ2) is 9.52. The zero-order chi connectivity index (χ0) is 17.7. The van der Waals surface area contributed by atoms with Gasteiger partial charge >= 0.3 is 0 Å². The molecule has 0 bridgehead atoms. The Balaban J connectivity index is 0.00000312. The molecule has 1 saturated heterocycles. The molecule has 8 heteroatoms. The van der Waals surface area contributed by atoms with E-state index in [9.17, 15) is 13.2 Å². The lowest BCUT2D eigenvalue weighted by molar-refractivity contribution is -0.133. The van der Waals surface area contributed by atoms with Crippen molar-refractivity contribution in [3.05, 3.63) is 29.8 Å². The van der Waals surface area contributed by atoms with Crippen LogP contribution >= 0.6 is 12.4 Å². The summed E-state index contributed by atoms with van der Waals surface area (Å²) in [6.45, 7) is 3.55. The highest BCUT2D eigenvalue weighted by atomic mass is 35.5. The van der Waals surface area contributed by atoms with E-state index in [1.807, 2.05) is 11.8 Å². The molecule has 1 aromatic carbocycles. The lowest BCUT2D eigenvalue weighted by Crippen LogP contribution is -2.45. The molecule has 142 valence electrons. The van der Waals surface area contributed by atoms with Gasteiger partial charge in [-0.1, -0.05) is 12.1 Å². The molecule has 1 aliphatic heterocycles. The van der Waals surface area contributed by atoms with Crippen molar-refractivity contribution in [2.45, 2.75) is 43.5 Å². The second-order valence-corrected chi connectivity index (χ2v) is 8.34. The molecule has 0 aromatic heterocycles. The van der Waals surface area contributed by atoms with Crippen molar-refractivity contribution in [3.8, 4) is 0 Å². The Hall–Kier alpha value is -1.15. The van der Waals surface area contributed by atoms with Crippen LogP contribution in [0.25, 0.3) is 0 Å². The number of rotatable bonds is 6. The molecule has 0 radical (unpaired) electrons. The topological polar surface area (TPSA) is 92.5 Å². The summed E-state index contributed by atoms with van der Waals surface area (Å²) in [6, 6.07) is 6.77. The molecule has 1 amide bonds. The highest BCUT2D eigenvalue weighted by Crippen LogP contribution is 2.20. The van der Waals surface area contributed by atoms with Gasteiger partial charge in [-0.3, -0.25) is 4.79 Å². The van der Waals surface area contributed by atoms with Crippen molar-refractivity contribution in [2.75, 3.05) is 20.1 Å². The van der Waals surface area contributed by atoms with Gasteiger partial charge in [-0.25, -0.2) is 13.1 Å². The molecule has 0 aliphatic carbocycles. The Labute approximate surface area is 156 Å². The Morgan fingerprint density at radius 2 is 2.00 bits per heavy atom.